The molecule has 0 aliphatic rings. The van der Waals surface area contributed by atoms with Crippen molar-refractivity contribution in [1.82, 2.24) is 15.1 Å². The molecule has 0 aliphatic heterocycles. The minimum Gasteiger partial charge on any atom is -0.382 e. The van der Waals surface area contributed by atoms with E-state index in [0.29, 0.717) is 17.1 Å². The second kappa shape index (κ2) is 5.14. The number of ether oxygens (including phenoxy) is 1. The summed E-state index contributed by atoms with van der Waals surface area (Å²) in [4.78, 5) is 8.27. The summed E-state index contributed by atoms with van der Waals surface area (Å²) in [6.07, 6.45) is 1.44. The quantitative estimate of drug-likeness (QED) is 0.865. The molecule has 2 rings (SSSR count). The van der Waals surface area contributed by atoms with Gasteiger partial charge < -0.3 is 15.0 Å². The third kappa shape index (κ3) is 2.76. The Labute approximate surface area is 110 Å². The first-order valence-electron chi connectivity index (χ1n) is 5.55. The van der Waals surface area contributed by atoms with E-state index in [1.54, 1.807) is 26.2 Å². The smallest absolute Gasteiger partial charge is 0.276 e. The molecule has 19 heavy (non-hydrogen) atoms. The third-order valence-corrected chi connectivity index (χ3v) is 2.49. The van der Waals surface area contributed by atoms with Gasteiger partial charge in [0, 0.05) is 13.3 Å². The van der Waals surface area contributed by atoms with Crippen molar-refractivity contribution in [3.05, 3.63) is 29.7 Å². The van der Waals surface area contributed by atoms with Crippen molar-refractivity contribution in [3.63, 3.8) is 0 Å². The zero-order valence-corrected chi connectivity index (χ0v) is 10.6. The maximum absolute atomic E-state index is 8.70. The van der Waals surface area contributed by atoms with Crippen molar-refractivity contribution in [3.8, 4) is 17.7 Å². The second-order valence-electron chi connectivity index (χ2n) is 4.32. The van der Waals surface area contributed by atoms with Crippen LogP contribution in [0.5, 0.6) is 0 Å². The van der Waals surface area contributed by atoms with Gasteiger partial charge in [0.1, 0.15) is 17.3 Å². The Bertz CT molecular complexity index is 597. The molecule has 0 aliphatic carbocycles. The summed E-state index contributed by atoms with van der Waals surface area (Å²) in [5.41, 5.74) is 6.14. The van der Waals surface area contributed by atoms with Crippen molar-refractivity contribution in [2.45, 2.75) is 12.5 Å². The van der Waals surface area contributed by atoms with Gasteiger partial charge in [0.25, 0.3) is 5.89 Å². The number of rotatable bonds is 4. The van der Waals surface area contributed by atoms with E-state index in [1.807, 2.05) is 6.07 Å². The van der Waals surface area contributed by atoms with Crippen molar-refractivity contribution in [1.29, 1.82) is 5.26 Å². The molecule has 0 bridgehead atoms. The van der Waals surface area contributed by atoms with Crippen LogP contribution in [0.25, 0.3) is 11.6 Å². The average molecular weight is 259 g/mol. The molecule has 7 nitrogen and oxygen atoms in total. The molecule has 0 spiro atoms. The van der Waals surface area contributed by atoms with E-state index in [-0.39, 0.29) is 12.5 Å². The zero-order chi connectivity index (χ0) is 13.9. The highest BCUT2D eigenvalue weighted by Crippen LogP contribution is 2.20. The minimum absolute atomic E-state index is 0.257. The van der Waals surface area contributed by atoms with Crippen molar-refractivity contribution < 1.29 is 9.26 Å². The Morgan fingerprint density at radius 3 is 2.89 bits per heavy atom. The van der Waals surface area contributed by atoms with Crippen molar-refractivity contribution in [2.24, 2.45) is 5.73 Å². The molecule has 2 aromatic heterocycles. The first kappa shape index (κ1) is 13.1. The molecule has 1 atom stereocenters. The summed E-state index contributed by atoms with van der Waals surface area (Å²) in [5.74, 6) is 0.600. The lowest BCUT2D eigenvalue weighted by Gasteiger charge is -2.18. The van der Waals surface area contributed by atoms with Crippen LogP contribution < -0.4 is 5.73 Å². The monoisotopic (exact) mass is 259 g/mol. The van der Waals surface area contributed by atoms with E-state index in [1.165, 1.54) is 6.20 Å². The summed E-state index contributed by atoms with van der Waals surface area (Å²) >= 11 is 0. The first-order valence-corrected chi connectivity index (χ1v) is 5.55. The first-order chi connectivity index (χ1) is 9.06. The summed E-state index contributed by atoms with van der Waals surface area (Å²) in [5, 5.41) is 12.5. The van der Waals surface area contributed by atoms with E-state index in [4.69, 9.17) is 20.3 Å². The van der Waals surface area contributed by atoms with Crippen LogP contribution >= 0.6 is 0 Å². The Hall–Kier alpha value is -2.30. The van der Waals surface area contributed by atoms with Crippen LogP contribution in [-0.4, -0.2) is 28.8 Å². The number of nitrogens with two attached hydrogens (primary N) is 1. The highest BCUT2D eigenvalue weighted by atomic mass is 16.5. The molecule has 1 unspecified atom stereocenters. The van der Waals surface area contributed by atoms with E-state index in [2.05, 4.69) is 15.1 Å². The van der Waals surface area contributed by atoms with Gasteiger partial charge in [-0.2, -0.15) is 10.2 Å². The van der Waals surface area contributed by atoms with Crippen LogP contribution in [0, 0.1) is 11.3 Å². The van der Waals surface area contributed by atoms with E-state index < -0.39 is 5.54 Å². The number of methoxy groups -OCH3 is 1. The molecule has 0 aromatic carbocycles. The molecular formula is C12H13N5O2. The molecule has 0 fully saturated rings. The standard InChI is InChI=1S/C12H13N5O2/c1-12(14,7-18-2)11-16-10(19-17-11)9-4-3-8(5-13)6-15-9/h3-4,6H,7,14H2,1-2H3. The second-order valence-corrected chi connectivity index (χ2v) is 4.32. The highest BCUT2D eigenvalue weighted by Gasteiger charge is 2.28. The largest absolute Gasteiger partial charge is 0.382 e. The summed E-state index contributed by atoms with van der Waals surface area (Å²) in [6, 6.07) is 5.25. The van der Waals surface area contributed by atoms with Crippen LogP contribution in [0.1, 0.15) is 18.3 Å². The highest BCUT2D eigenvalue weighted by molar-refractivity contribution is 5.47. The van der Waals surface area contributed by atoms with Gasteiger partial charge in [-0.1, -0.05) is 5.16 Å². The van der Waals surface area contributed by atoms with Gasteiger partial charge >= 0.3 is 0 Å². The molecule has 0 saturated carbocycles. The SMILES string of the molecule is COCC(C)(N)c1noc(-c2ccc(C#N)cn2)n1. The van der Waals surface area contributed by atoms with Gasteiger partial charge in [-0.05, 0) is 19.1 Å². The number of aromatic nitrogens is 3. The van der Waals surface area contributed by atoms with Gasteiger partial charge in [0.05, 0.1) is 12.2 Å². The predicted octanol–water partition coefficient (Wildman–Crippen LogP) is 0.824. The lowest BCUT2D eigenvalue weighted by Crippen LogP contribution is -2.38. The van der Waals surface area contributed by atoms with Crippen molar-refractivity contribution in [2.75, 3.05) is 13.7 Å². The molecule has 2 aromatic rings. The Balaban J connectivity index is 2.28. The van der Waals surface area contributed by atoms with Crippen LogP contribution in [0.3, 0.4) is 0 Å². The molecule has 2 heterocycles. The van der Waals surface area contributed by atoms with E-state index in [0.717, 1.165) is 0 Å². The topological polar surface area (TPSA) is 111 Å². The molecule has 2 N–H and O–H groups in total. The maximum atomic E-state index is 8.70. The molecule has 0 radical (unpaired) electrons. The van der Waals surface area contributed by atoms with Crippen LogP contribution in [0.15, 0.2) is 22.9 Å². The van der Waals surface area contributed by atoms with Crippen LogP contribution in [-0.2, 0) is 10.3 Å². The lowest BCUT2D eigenvalue weighted by atomic mass is 10.1. The molecule has 0 amide bonds. The van der Waals surface area contributed by atoms with Crippen LogP contribution in [0.4, 0.5) is 0 Å². The van der Waals surface area contributed by atoms with E-state index in [9.17, 15) is 0 Å². The van der Waals surface area contributed by atoms with Gasteiger partial charge in [0.2, 0.25) is 0 Å². The summed E-state index contributed by atoms with van der Waals surface area (Å²) in [6.45, 7) is 2.02. The van der Waals surface area contributed by atoms with Gasteiger partial charge in [-0.3, -0.25) is 0 Å². The number of pyridine rings is 1. The van der Waals surface area contributed by atoms with Crippen LogP contribution in [0.2, 0.25) is 0 Å². The average Bonchev–Trinajstić information content (AvgIpc) is 2.89. The van der Waals surface area contributed by atoms with Gasteiger partial charge in [-0.15, -0.1) is 0 Å². The summed E-state index contributed by atoms with van der Waals surface area (Å²) < 4.78 is 10.1. The maximum Gasteiger partial charge on any atom is 0.276 e. The van der Waals surface area contributed by atoms with Gasteiger partial charge in [0.15, 0.2) is 5.82 Å². The molecule has 0 saturated heterocycles. The number of nitriles is 1. The zero-order valence-electron chi connectivity index (χ0n) is 10.6. The van der Waals surface area contributed by atoms with Gasteiger partial charge in [-0.25, -0.2) is 4.98 Å². The molecule has 98 valence electrons. The fourth-order valence-corrected chi connectivity index (χ4v) is 1.51. The fourth-order valence-electron chi connectivity index (χ4n) is 1.51. The molecule has 7 heteroatoms. The number of hydrogen-bond donors (Lipinski definition) is 1. The fraction of sp³-hybridized carbons (Fsp3) is 0.333. The Kier molecular flexibility index (Phi) is 3.55. The number of nitrogens with zero attached hydrogens (tertiary/aromatic N) is 4. The predicted molar refractivity (Wildman–Crippen MR) is 65.7 cm³/mol. The third-order valence-electron chi connectivity index (χ3n) is 2.49. The Morgan fingerprint density at radius 2 is 2.32 bits per heavy atom. The number of hydrogen-bond acceptors (Lipinski definition) is 7. The lowest BCUT2D eigenvalue weighted by molar-refractivity contribution is 0.135. The summed E-state index contributed by atoms with van der Waals surface area (Å²) in [7, 11) is 1.55. The van der Waals surface area contributed by atoms with Crippen molar-refractivity contribution >= 4 is 0 Å². The Morgan fingerprint density at radius 1 is 1.53 bits per heavy atom. The van der Waals surface area contributed by atoms with E-state index >= 15 is 0 Å². The minimum atomic E-state index is -0.830. The molecular weight excluding hydrogens is 246 g/mol. The normalized spacial score (nSPS) is 13.8.